The summed E-state index contributed by atoms with van der Waals surface area (Å²) in [6.07, 6.45) is -0.921. The highest BCUT2D eigenvalue weighted by atomic mass is 19.1. The molecule has 0 amide bonds. The van der Waals surface area contributed by atoms with E-state index in [1.54, 1.807) is 13.8 Å². The van der Waals surface area contributed by atoms with Crippen molar-refractivity contribution in [3.8, 4) is 5.75 Å². The first-order chi connectivity index (χ1) is 6.99. The van der Waals surface area contributed by atoms with Crippen molar-refractivity contribution in [2.75, 3.05) is 7.11 Å². The SMILES string of the molecule is COc1ccc(F)c(C)c1C(O)C(C)N. The number of nitrogens with two attached hydrogens (primary N) is 1. The molecule has 3 N–H and O–H groups in total. The molecule has 0 heterocycles. The summed E-state index contributed by atoms with van der Waals surface area (Å²) >= 11 is 0. The van der Waals surface area contributed by atoms with Gasteiger partial charge in [0, 0.05) is 11.6 Å². The van der Waals surface area contributed by atoms with Crippen molar-refractivity contribution in [1.82, 2.24) is 0 Å². The van der Waals surface area contributed by atoms with E-state index in [9.17, 15) is 9.50 Å². The number of methoxy groups -OCH3 is 1. The number of ether oxygens (including phenoxy) is 1. The zero-order valence-electron chi connectivity index (χ0n) is 9.12. The van der Waals surface area contributed by atoms with E-state index >= 15 is 0 Å². The molecule has 1 rings (SSSR count). The standard InChI is InChI=1S/C11H16FNO2/c1-6-8(12)4-5-9(15-3)10(6)11(14)7(2)13/h4-5,7,11,14H,13H2,1-3H3. The number of benzene rings is 1. The van der Waals surface area contributed by atoms with Crippen molar-refractivity contribution < 1.29 is 14.2 Å². The van der Waals surface area contributed by atoms with Crippen molar-refractivity contribution in [3.63, 3.8) is 0 Å². The highest BCUT2D eigenvalue weighted by Gasteiger charge is 2.21. The summed E-state index contributed by atoms with van der Waals surface area (Å²) < 4.78 is 18.4. The zero-order chi connectivity index (χ0) is 11.6. The highest BCUT2D eigenvalue weighted by Crippen LogP contribution is 2.31. The average Bonchev–Trinajstić information content (AvgIpc) is 2.20. The Morgan fingerprint density at radius 3 is 2.53 bits per heavy atom. The molecule has 3 nitrogen and oxygen atoms in total. The summed E-state index contributed by atoms with van der Waals surface area (Å²) in [7, 11) is 1.48. The molecule has 0 fully saturated rings. The number of aliphatic hydroxyl groups is 1. The van der Waals surface area contributed by atoms with Crippen LogP contribution in [0.2, 0.25) is 0 Å². The fourth-order valence-electron chi connectivity index (χ4n) is 1.49. The molecule has 0 aliphatic rings. The van der Waals surface area contributed by atoms with E-state index in [2.05, 4.69) is 0 Å². The largest absolute Gasteiger partial charge is 0.496 e. The second-order valence-corrected chi connectivity index (χ2v) is 3.59. The molecule has 1 aromatic rings. The van der Waals surface area contributed by atoms with Gasteiger partial charge in [0.2, 0.25) is 0 Å². The first-order valence-corrected chi connectivity index (χ1v) is 4.75. The number of hydrogen-bond donors (Lipinski definition) is 2. The maximum atomic E-state index is 13.3. The van der Waals surface area contributed by atoms with Crippen LogP contribution in [-0.4, -0.2) is 18.3 Å². The van der Waals surface area contributed by atoms with Gasteiger partial charge in [-0.2, -0.15) is 0 Å². The van der Waals surface area contributed by atoms with Crippen molar-refractivity contribution in [2.24, 2.45) is 5.73 Å². The topological polar surface area (TPSA) is 55.5 Å². The summed E-state index contributed by atoms with van der Waals surface area (Å²) in [4.78, 5) is 0. The average molecular weight is 213 g/mol. The van der Waals surface area contributed by atoms with Crippen molar-refractivity contribution >= 4 is 0 Å². The minimum atomic E-state index is -0.921. The Balaban J connectivity index is 3.29. The third kappa shape index (κ3) is 2.27. The summed E-state index contributed by atoms with van der Waals surface area (Å²) in [6, 6.07) is 2.33. The molecule has 0 aliphatic heterocycles. The van der Waals surface area contributed by atoms with Gasteiger partial charge in [0.05, 0.1) is 13.2 Å². The van der Waals surface area contributed by atoms with E-state index in [1.165, 1.54) is 19.2 Å². The van der Waals surface area contributed by atoms with Crippen LogP contribution in [0, 0.1) is 12.7 Å². The highest BCUT2D eigenvalue weighted by molar-refractivity contribution is 5.42. The number of halogens is 1. The van der Waals surface area contributed by atoms with Crippen LogP contribution in [0.5, 0.6) is 5.75 Å². The molecule has 0 radical (unpaired) electrons. The fourth-order valence-corrected chi connectivity index (χ4v) is 1.49. The lowest BCUT2D eigenvalue weighted by Gasteiger charge is -2.20. The van der Waals surface area contributed by atoms with Crippen LogP contribution in [0.25, 0.3) is 0 Å². The van der Waals surface area contributed by atoms with Gasteiger partial charge in [-0.05, 0) is 31.5 Å². The number of hydrogen-bond acceptors (Lipinski definition) is 3. The quantitative estimate of drug-likeness (QED) is 0.800. The minimum absolute atomic E-state index is 0.370. The second-order valence-electron chi connectivity index (χ2n) is 3.59. The third-order valence-electron chi connectivity index (χ3n) is 2.42. The molecule has 1 aromatic carbocycles. The molecule has 84 valence electrons. The molecule has 0 aromatic heterocycles. The first kappa shape index (κ1) is 11.9. The zero-order valence-corrected chi connectivity index (χ0v) is 9.12. The summed E-state index contributed by atoms with van der Waals surface area (Å²) in [6.45, 7) is 3.26. The monoisotopic (exact) mass is 213 g/mol. The third-order valence-corrected chi connectivity index (χ3v) is 2.42. The minimum Gasteiger partial charge on any atom is -0.496 e. The maximum Gasteiger partial charge on any atom is 0.126 e. The summed E-state index contributed by atoms with van der Waals surface area (Å²) in [5.74, 6) is 0.0872. The Morgan fingerprint density at radius 2 is 2.07 bits per heavy atom. The van der Waals surface area contributed by atoms with Crippen LogP contribution >= 0.6 is 0 Å². The van der Waals surface area contributed by atoms with Crippen molar-refractivity contribution in [2.45, 2.75) is 26.0 Å². The van der Waals surface area contributed by atoms with E-state index in [1.807, 2.05) is 0 Å². The van der Waals surface area contributed by atoms with Crippen molar-refractivity contribution in [1.29, 1.82) is 0 Å². The molecule has 15 heavy (non-hydrogen) atoms. The van der Waals surface area contributed by atoms with Gasteiger partial charge in [0.15, 0.2) is 0 Å². The predicted molar refractivity (Wildman–Crippen MR) is 56.3 cm³/mol. The lowest BCUT2D eigenvalue weighted by molar-refractivity contribution is 0.148. The van der Waals surface area contributed by atoms with Crippen LogP contribution < -0.4 is 10.5 Å². The number of rotatable bonds is 3. The van der Waals surface area contributed by atoms with Gasteiger partial charge in [-0.3, -0.25) is 0 Å². The molecular weight excluding hydrogens is 197 g/mol. The Bertz CT molecular complexity index is 353. The van der Waals surface area contributed by atoms with E-state index in [-0.39, 0.29) is 5.82 Å². The summed E-state index contributed by atoms with van der Waals surface area (Å²) in [5.41, 5.74) is 6.38. The van der Waals surface area contributed by atoms with Crippen LogP contribution in [0.3, 0.4) is 0 Å². The van der Waals surface area contributed by atoms with E-state index in [0.29, 0.717) is 16.9 Å². The lowest BCUT2D eigenvalue weighted by Crippen LogP contribution is -2.25. The molecule has 0 spiro atoms. The maximum absolute atomic E-state index is 13.3. The Morgan fingerprint density at radius 1 is 1.47 bits per heavy atom. The molecule has 2 atom stereocenters. The fraction of sp³-hybridized carbons (Fsp3) is 0.455. The number of aliphatic hydroxyl groups excluding tert-OH is 1. The van der Waals surface area contributed by atoms with Gasteiger partial charge in [-0.25, -0.2) is 4.39 Å². The second kappa shape index (κ2) is 4.59. The Labute approximate surface area is 88.7 Å². The normalized spacial score (nSPS) is 14.8. The van der Waals surface area contributed by atoms with E-state index in [4.69, 9.17) is 10.5 Å². The molecular formula is C11H16FNO2. The Hall–Kier alpha value is -1.13. The van der Waals surface area contributed by atoms with Gasteiger partial charge < -0.3 is 15.6 Å². The van der Waals surface area contributed by atoms with Gasteiger partial charge in [-0.1, -0.05) is 0 Å². The van der Waals surface area contributed by atoms with Crippen molar-refractivity contribution in [3.05, 3.63) is 29.1 Å². The molecule has 4 heteroatoms. The molecule has 0 saturated heterocycles. The van der Waals surface area contributed by atoms with Crippen LogP contribution in [0.4, 0.5) is 4.39 Å². The van der Waals surface area contributed by atoms with Crippen LogP contribution in [0.1, 0.15) is 24.2 Å². The van der Waals surface area contributed by atoms with Crippen LogP contribution in [0.15, 0.2) is 12.1 Å². The molecule has 0 saturated carbocycles. The van der Waals surface area contributed by atoms with Gasteiger partial charge in [-0.15, -0.1) is 0 Å². The van der Waals surface area contributed by atoms with Gasteiger partial charge >= 0.3 is 0 Å². The summed E-state index contributed by atoms with van der Waals surface area (Å²) in [5, 5.41) is 9.84. The predicted octanol–water partition coefficient (Wildman–Crippen LogP) is 1.52. The lowest BCUT2D eigenvalue weighted by atomic mass is 9.97. The van der Waals surface area contributed by atoms with Gasteiger partial charge in [0.1, 0.15) is 11.6 Å². The van der Waals surface area contributed by atoms with Crippen LogP contribution in [-0.2, 0) is 0 Å². The van der Waals surface area contributed by atoms with Gasteiger partial charge in [0.25, 0.3) is 0 Å². The first-order valence-electron chi connectivity index (χ1n) is 4.75. The Kier molecular flexibility index (Phi) is 3.66. The molecule has 0 bridgehead atoms. The molecule has 0 aliphatic carbocycles. The smallest absolute Gasteiger partial charge is 0.126 e. The molecule has 2 unspecified atom stereocenters. The van der Waals surface area contributed by atoms with E-state index in [0.717, 1.165) is 0 Å². The van der Waals surface area contributed by atoms with E-state index < -0.39 is 12.1 Å².